The predicted octanol–water partition coefficient (Wildman–Crippen LogP) is 3.25. The van der Waals surface area contributed by atoms with Crippen molar-refractivity contribution in [3.8, 4) is 11.8 Å². The zero-order valence-electron chi connectivity index (χ0n) is 7.99. The fraction of sp³-hybridized carbons (Fsp3) is 0. The minimum atomic E-state index is -0.891. The van der Waals surface area contributed by atoms with E-state index < -0.39 is 11.6 Å². The highest BCUT2D eigenvalue weighted by Crippen LogP contribution is 2.23. The van der Waals surface area contributed by atoms with Crippen LogP contribution in [0.5, 0.6) is 11.8 Å². The highest BCUT2D eigenvalue weighted by atomic mass is 35.5. The second kappa shape index (κ2) is 4.77. The first kappa shape index (κ1) is 11.9. The van der Waals surface area contributed by atoms with E-state index in [-0.39, 0.29) is 22.3 Å². The van der Waals surface area contributed by atoms with E-state index in [0.717, 1.165) is 12.1 Å². The maximum atomic E-state index is 13.2. The van der Waals surface area contributed by atoms with Gasteiger partial charge in [-0.2, -0.15) is 15.0 Å². The van der Waals surface area contributed by atoms with Gasteiger partial charge in [-0.3, -0.25) is 0 Å². The van der Waals surface area contributed by atoms with Crippen molar-refractivity contribution in [3.05, 3.63) is 40.4 Å². The Hall–Kier alpha value is -1.53. The lowest BCUT2D eigenvalue weighted by atomic mass is 10.3. The van der Waals surface area contributed by atoms with E-state index in [1.54, 1.807) is 0 Å². The Morgan fingerprint density at radius 2 is 1.65 bits per heavy atom. The van der Waals surface area contributed by atoms with Gasteiger partial charge in [0, 0.05) is 6.07 Å². The van der Waals surface area contributed by atoms with E-state index in [0.29, 0.717) is 6.07 Å². The Balaban J connectivity index is 2.31. The number of benzene rings is 1. The molecule has 8 heteroatoms. The number of nitrogens with zero attached hydrogens (tertiary/aromatic N) is 3. The van der Waals surface area contributed by atoms with Crippen LogP contribution in [-0.2, 0) is 0 Å². The van der Waals surface area contributed by atoms with E-state index in [1.807, 2.05) is 0 Å². The largest absolute Gasteiger partial charge is 0.421 e. The zero-order valence-corrected chi connectivity index (χ0v) is 9.51. The molecule has 0 spiro atoms. The average Bonchev–Trinajstić information content (AvgIpc) is 2.21. The molecule has 2 rings (SSSR count). The molecule has 0 bridgehead atoms. The normalized spacial score (nSPS) is 10.4. The highest BCUT2D eigenvalue weighted by Gasteiger charge is 2.10. The van der Waals surface area contributed by atoms with Gasteiger partial charge in [0.25, 0.3) is 0 Å². The van der Waals surface area contributed by atoms with E-state index in [4.69, 9.17) is 27.9 Å². The van der Waals surface area contributed by atoms with Gasteiger partial charge in [0.1, 0.15) is 5.82 Å². The van der Waals surface area contributed by atoms with E-state index in [9.17, 15) is 8.78 Å². The lowest BCUT2D eigenvalue weighted by Gasteiger charge is -2.04. The summed E-state index contributed by atoms with van der Waals surface area (Å²) >= 11 is 11.0. The number of aromatic nitrogens is 3. The molecule has 0 amide bonds. The van der Waals surface area contributed by atoms with Crippen molar-refractivity contribution in [1.82, 2.24) is 15.0 Å². The Morgan fingerprint density at radius 1 is 1.00 bits per heavy atom. The molecule has 0 unspecified atom stereocenters. The Bertz CT molecular complexity index is 548. The zero-order chi connectivity index (χ0) is 12.4. The predicted molar refractivity (Wildman–Crippen MR) is 56.3 cm³/mol. The van der Waals surface area contributed by atoms with Gasteiger partial charge < -0.3 is 4.74 Å². The summed E-state index contributed by atoms with van der Waals surface area (Å²) in [5, 5.41) is -0.384. The molecule has 0 aliphatic carbocycles. The number of rotatable bonds is 2. The quantitative estimate of drug-likeness (QED) is 0.846. The van der Waals surface area contributed by atoms with Crippen LogP contribution in [-0.4, -0.2) is 15.0 Å². The van der Waals surface area contributed by atoms with Crippen LogP contribution in [0, 0.1) is 11.6 Å². The molecule has 1 aromatic heterocycles. The second-order valence-corrected chi connectivity index (χ2v) is 3.51. The van der Waals surface area contributed by atoms with Gasteiger partial charge in [-0.25, -0.2) is 8.78 Å². The summed E-state index contributed by atoms with van der Waals surface area (Å²) in [5.74, 6) is -1.86. The molecule has 0 N–H and O–H groups in total. The van der Waals surface area contributed by atoms with Gasteiger partial charge in [-0.15, -0.1) is 0 Å². The first-order valence-electron chi connectivity index (χ1n) is 4.24. The van der Waals surface area contributed by atoms with Crippen LogP contribution in [0.3, 0.4) is 0 Å². The van der Waals surface area contributed by atoms with Gasteiger partial charge in [-0.05, 0) is 35.3 Å². The summed E-state index contributed by atoms with van der Waals surface area (Å²) in [6, 6.07) is 2.51. The molecule has 4 nitrogen and oxygen atoms in total. The van der Waals surface area contributed by atoms with Crippen LogP contribution < -0.4 is 4.74 Å². The van der Waals surface area contributed by atoms with Crippen molar-refractivity contribution in [2.45, 2.75) is 0 Å². The standard InChI is InChI=1S/C9H3Cl2F2N3O/c10-7-14-8(11)16-9(15-7)17-6-2-1-4(12)3-5(6)13/h1-3H. The summed E-state index contributed by atoms with van der Waals surface area (Å²) in [6.45, 7) is 0. The molecular formula is C9H3Cl2F2N3O. The molecule has 0 saturated carbocycles. The fourth-order valence-corrected chi connectivity index (χ4v) is 1.36. The van der Waals surface area contributed by atoms with Crippen LogP contribution >= 0.6 is 23.2 Å². The number of halogens is 4. The molecule has 0 radical (unpaired) electrons. The van der Waals surface area contributed by atoms with Gasteiger partial charge in [0.05, 0.1) is 0 Å². The van der Waals surface area contributed by atoms with Crippen molar-refractivity contribution in [2.24, 2.45) is 0 Å². The fourth-order valence-electron chi connectivity index (χ4n) is 1.01. The number of hydrogen-bond donors (Lipinski definition) is 0. The minimum absolute atomic E-state index is 0.192. The molecule has 2 aromatic rings. The number of ether oxygens (including phenoxy) is 1. The van der Waals surface area contributed by atoms with Crippen molar-refractivity contribution >= 4 is 23.2 Å². The van der Waals surface area contributed by atoms with Crippen molar-refractivity contribution in [2.75, 3.05) is 0 Å². The smallest absolute Gasteiger partial charge is 0.327 e. The first-order valence-corrected chi connectivity index (χ1v) is 5.00. The molecule has 0 aliphatic rings. The SMILES string of the molecule is Fc1ccc(Oc2nc(Cl)nc(Cl)n2)c(F)c1. The topological polar surface area (TPSA) is 47.9 Å². The van der Waals surface area contributed by atoms with Crippen molar-refractivity contribution in [1.29, 1.82) is 0 Å². The lowest BCUT2D eigenvalue weighted by Crippen LogP contribution is -1.97. The van der Waals surface area contributed by atoms with E-state index in [1.165, 1.54) is 0 Å². The monoisotopic (exact) mass is 277 g/mol. The molecular weight excluding hydrogens is 275 g/mol. The molecule has 0 atom stereocenters. The molecule has 88 valence electrons. The maximum Gasteiger partial charge on any atom is 0.327 e. The third-order valence-electron chi connectivity index (χ3n) is 1.66. The molecule has 17 heavy (non-hydrogen) atoms. The van der Waals surface area contributed by atoms with Gasteiger partial charge in [0.2, 0.25) is 10.6 Å². The van der Waals surface area contributed by atoms with Gasteiger partial charge in [-0.1, -0.05) is 0 Å². The minimum Gasteiger partial charge on any atom is -0.421 e. The van der Waals surface area contributed by atoms with E-state index >= 15 is 0 Å². The average molecular weight is 278 g/mol. The molecule has 0 saturated heterocycles. The Kier molecular flexibility index (Phi) is 3.35. The van der Waals surface area contributed by atoms with Crippen molar-refractivity contribution in [3.63, 3.8) is 0 Å². The van der Waals surface area contributed by atoms with Crippen molar-refractivity contribution < 1.29 is 13.5 Å². The summed E-state index contributed by atoms with van der Waals surface area (Å²) < 4.78 is 30.8. The lowest BCUT2D eigenvalue weighted by molar-refractivity contribution is 0.406. The van der Waals surface area contributed by atoms with Crippen LogP contribution in [0.1, 0.15) is 0 Å². The summed E-state index contributed by atoms with van der Waals surface area (Å²) in [6.07, 6.45) is 0. The van der Waals surface area contributed by atoms with E-state index in [2.05, 4.69) is 15.0 Å². The van der Waals surface area contributed by atoms with Gasteiger partial charge >= 0.3 is 6.01 Å². The molecule has 0 fully saturated rings. The Labute approximate surface area is 104 Å². The summed E-state index contributed by atoms with van der Waals surface area (Å²) in [5.41, 5.74) is 0. The van der Waals surface area contributed by atoms with Crippen LogP contribution in [0.4, 0.5) is 8.78 Å². The number of hydrogen-bond acceptors (Lipinski definition) is 4. The first-order chi connectivity index (χ1) is 8.04. The summed E-state index contributed by atoms with van der Waals surface area (Å²) in [4.78, 5) is 10.6. The molecule has 0 aliphatic heterocycles. The molecule has 1 heterocycles. The third-order valence-corrected chi connectivity index (χ3v) is 1.99. The molecule has 1 aromatic carbocycles. The van der Waals surface area contributed by atoms with Gasteiger partial charge in [0.15, 0.2) is 11.6 Å². The Morgan fingerprint density at radius 3 is 2.24 bits per heavy atom. The third kappa shape index (κ3) is 2.98. The van der Waals surface area contributed by atoms with Crippen LogP contribution in [0.2, 0.25) is 10.6 Å². The summed E-state index contributed by atoms with van der Waals surface area (Å²) in [7, 11) is 0. The maximum absolute atomic E-state index is 13.2. The second-order valence-electron chi connectivity index (χ2n) is 2.83. The van der Waals surface area contributed by atoms with Crippen LogP contribution in [0.25, 0.3) is 0 Å². The van der Waals surface area contributed by atoms with Crippen LogP contribution in [0.15, 0.2) is 18.2 Å². The highest BCUT2D eigenvalue weighted by molar-refractivity contribution is 6.31.